The summed E-state index contributed by atoms with van der Waals surface area (Å²) in [6, 6.07) is 0. The van der Waals surface area contributed by atoms with Crippen LogP contribution in [0.2, 0.25) is 0 Å². The molecule has 0 aliphatic heterocycles. The summed E-state index contributed by atoms with van der Waals surface area (Å²) >= 11 is 0. The highest BCUT2D eigenvalue weighted by atomic mass is 28.3. The predicted octanol–water partition coefficient (Wildman–Crippen LogP) is -1.56. The van der Waals surface area contributed by atoms with E-state index in [1.807, 2.05) is 0 Å². The van der Waals surface area contributed by atoms with Crippen LogP contribution in [0.4, 0.5) is 0 Å². The Morgan fingerprint density at radius 2 is 2.40 bits per heavy atom. The number of carbonyl (C=O) groups excluding carboxylic acids is 1. The monoisotopic (exact) mass is 176 g/mol. The van der Waals surface area contributed by atoms with Gasteiger partial charge in [-0.05, 0) is 6.92 Å². The zero-order valence-corrected chi connectivity index (χ0v) is 9.76. The number of hydrogen-bond acceptors (Lipinski definition) is 3. The van der Waals surface area contributed by atoms with Gasteiger partial charge in [0.25, 0.3) is 0 Å². The molecule has 0 saturated heterocycles. The van der Waals surface area contributed by atoms with E-state index in [0.29, 0.717) is 22.3 Å². The van der Waals surface area contributed by atoms with Gasteiger partial charge in [0.15, 0.2) is 9.76 Å². The van der Waals surface area contributed by atoms with E-state index < -0.39 is 9.76 Å². The van der Waals surface area contributed by atoms with Crippen LogP contribution >= 0.6 is 0 Å². The van der Waals surface area contributed by atoms with Crippen LogP contribution in [-0.4, -0.2) is 32.8 Å². The lowest BCUT2D eigenvalue weighted by Gasteiger charge is -2.02. The van der Waals surface area contributed by atoms with Gasteiger partial charge in [0, 0.05) is 5.20 Å². The summed E-state index contributed by atoms with van der Waals surface area (Å²) in [7, 11) is -0.149. The van der Waals surface area contributed by atoms with Gasteiger partial charge in [0.05, 0.1) is 6.61 Å². The second-order valence-electron chi connectivity index (χ2n) is 1.76. The first kappa shape index (κ1) is 9.60. The summed E-state index contributed by atoms with van der Waals surface area (Å²) < 4.78 is 9.64. The van der Waals surface area contributed by atoms with E-state index in [9.17, 15) is 4.79 Å². The van der Waals surface area contributed by atoms with Gasteiger partial charge in [0.2, 0.25) is 0 Å². The van der Waals surface area contributed by atoms with Crippen LogP contribution in [0.5, 0.6) is 0 Å². The summed E-state index contributed by atoms with van der Waals surface area (Å²) in [6.45, 7) is 5.73. The molecule has 10 heavy (non-hydrogen) atoms. The SMILES string of the molecule is C=C([SiH2]O[SiH3])C(=O)OCC. The summed E-state index contributed by atoms with van der Waals surface area (Å²) in [5, 5.41) is 0.525. The van der Waals surface area contributed by atoms with Crippen LogP contribution < -0.4 is 0 Å². The highest BCUT2D eigenvalue weighted by Gasteiger charge is 2.05. The molecule has 0 saturated carbocycles. The fourth-order valence-corrected chi connectivity index (χ4v) is 2.08. The maximum Gasteiger partial charge on any atom is 0.331 e. The van der Waals surface area contributed by atoms with Gasteiger partial charge >= 0.3 is 5.97 Å². The molecule has 0 fully saturated rings. The molecule has 58 valence electrons. The van der Waals surface area contributed by atoms with Gasteiger partial charge in [-0.2, -0.15) is 0 Å². The Morgan fingerprint density at radius 1 is 1.80 bits per heavy atom. The first-order valence-electron chi connectivity index (χ1n) is 3.06. The molecular weight excluding hydrogens is 164 g/mol. The third-order valence-electron chi connectivity index (χ3n) is 0.883. The number of esters is 1. The van der Waals surface area contributed by atoms with Crippen molar-refractivity contribution in [1.29, 1.82) is 0 Å². The van der Waals surface area contributed by atoms with Crippen molar-refractivity contribution in [3.8, 4) is 0 Å². The van der Waals surface area contributed by atoms with Crippen molar-refractivity contribution in [1.82, 2.24) is 0 Å². The summed E-state index contributed by atoms with van der Waals surface area (Å²) in [5.74, 6) is -0.301. The molecule has 0 aromatic heterocycles. The highest BCUT2D eigenvalue weighted by Crippen LogP contribution is 1.91. The molecule has 0 spiro atoms. The van der Waals surface area contributed by atoms with E-state index in [4.69, 9.17) is 4.12 Å². The fourth-order valence-electron chi connectivity index (χ4n) is 0.466. The zero-order valence-electron chi connectivity index (χ0n) is 6.35. The number of rotatable bonds is 4. The lowest BCUT2D eigenvalue weighted by atomic mass is 10.6. The molecule has 0 aromatic carbocycles. The standard InChI is InChI=1S/C5H12O3Si2/c1-3-7-5(6)4(2)10-8-9/h2-3,10H2,1,9H3. The molecule has 0 aliphatic rings. The van der Waals surface area contributed by atoms with Gasteiger partial charge in [-0.25, -0.2) is 4.79 Å². The first-order valence-corrected chi connectivity index (χ1v) is 5.16. The highest BCUT2D eigenvalue weighted by molar-refractivity contribution is 6.50. The molecule has 0 heterocycles. The molecule has 0 amide bonds. The van der Waals surface area contributed by atoms with Crippen LogP contribution in [0, 0.1) is 0 Å². The number of hydrogen-bond donors (Lipinski definition) is 0. The number of carbonyl (C=O) groups is 1. The topological polar surface area (TPSA) is 35.5 Å². The van der Waals surface area contributed by atoms with Crippen LogP contribution in [0.1, 0.15) is 6.92 Å². The second kappa shape index (κ2) is 5.39. The summed E-state index contributed by atoms with van der Waals surface area (Å²) in [4.78, 5) is 10.8. The van der Waals surface area contributed by atoms with Gasteiger partial charge in [0.1, 0.15) is 10.5 Å². The molecule has 0 unspecified atom stereocenters. The van der Waals surface area contributed by atoms with E-state index in [2.05, 4.69) is 11.3 Å². The predicted molar refractivity (Wildman–Crippen MR) is 45.3 cm³/mol. The Kier molecular flexibility index (Phi) is 5.18. The Labute approximate surface area is 65.9 Å². The molecule has 0 N–H and O–H groups in total. The molecule has 5 heteroatoms. The average molecular weight is 176 g/mol. The molecule has 0 radical (unpaired) electrons. The smallest absolute Gasteiger partial charge is 0.331 e. The van der Waals surface area contributed by atoms with Crippen molar-refractivity contribution in [3.63, 3.8) is 0 Å². The van der Waals surface area contributed by atoms with Crippen molar-refractivity contribution >= 4 is 26.2 Å². The molecule has 0 aliphatic carbocycles. The zero-order chi connectivity index (χ0) is 7.98. The third kappa shape index (κ3) is 3.60. The van der Waals surface area contributed by atoms with Crippen LogP contribution in [-0.2, 0) is 13.6 Å². The minimum atomic E-state index is -0.829. The molecular formula is C5H12O3Si2. The molecule has 0 aromatic rings. The van der Waals surface area contributed by atoms with Gasteiger partial charge in [-0.1, -0.05) is 6.58 Å². The Hall–Kier alpha value is -0.396. The van der Waals surface area contributed by atoms with Crippen LogP contribution in [0.15, 0.2) is 11.8 Å². The fraction of sp³-hybridized carbons (Fsp3) is 0.400. The Balaban J connectivity index is 3.60. The maximum absolute atomic E-state index is 10.8. The third-order valence-corrected chi connectivity index (χ3v) is 2.67. The van der Waals surface area contributed by atoms with Crippen molar-refractivity contribution in [2.75, 3.05) is 6.61 Å². The van der Waals surface area contributed by atoms with Crippen LogP contribution in [0.3, 0.4) is 0 Å². The van der Waals surface area contributed by atoms with Gasteiger partial charge in [-0.15, -0.1) is 0 Å². The quantitative estimate of drug-likeness (QED) is 0.295. The summed E-state index contributed by atoms with van der Waals surface area (Å²) in [6.07, 6.45) is 0. The van der Waals surface area contributed by atoms with Crippen molar-refractivity contribution in [2.45, 2.75) is 6.92 Å². The van der Waals surface area contributed by atoms with E-state index in [1.165, 1.54) is 0 Å². The largest absolute Gasteiger partial charge is 0.464 e. The Morgan fingerprint density at radius 3 is 2.80 bits per heavy atom. The molecule has 0 rings (SSSR count). The van der Waals surface area contributed by atoms with E-state index in [-0.39, 0.29) is 5.97 Å². The maximum atomic E-state index is 10.8. The lowest BCUT2D eigenvalue weighted by molar-refractivity contribution is -0.137. The number of ether oxygens (including phenoxy) is 1. The lowest BCUT2D eigenvalue weighted by Crippen LogP contribution is -2.13. The second-order valence-corrected chi connectivity index (χ2v) is 5.21. The van der Waals surface area contributed by atoms with E-state index in [1.54, 1.807) is 6.92 Å². The first-order chi connectivity index (χ1) is 4.72. The normalized spacial score (nSPS) is 10.5. The van der Waals surface area contributed by atoms with Crippen LogP contribution in [0.25, 0.3) is 0 Å². The minimum Gasteiger partial charge on any atom is -0.464 e. The molecule has 0 atom stereocenters. The van der Waals surface area contributed by atoms with Gasteiger partial charge in [-0.3, -0.25) is 0 Å². The Bertz CT molecular complexity index is 119. The van der Waals surface area contributed by atoms with E-state index in [0.717, 1.165) is 0 Å². The van der Waals surface area contributed by atoms with Gasteiger partial charge < -0.3 is 8.85 Å². The molecule has 3 nitrogen and oxygen atoms in total. The minimum absolute atomic E-state index is 0.301. The van der Waals surface area contributed by atoms with Crippen molar-refractivity contribution in [3.05, 3.63) is 11.8 Å². The van der Waals surface area contributed by atoms with Crippen molar-refractivity contribution < 1.29 is 13.6 Å². The molecule has 0 bridgehead atoms. The van der Waals surface area contributed by atoms with Crippen molar-refractivity contribution in [2.24, 2.45) is 0 Å². The summed E-state index contributed by atoms with van der Waals surface area (Å²) in [5.41, 5.74) is 0. The van der Waals surface area contributed by atoms with E-state index >= 15 is 0 Å². The average Bonchev–Trinajstić information content (AvgIpc) is 1.89.